The number of nitrogens with one attached hydrogen (secondary N) is 1. The van der Waals surface area contributed by atoms with E-state index in [4.69, 9.17) is 4.74 Å². The first-order valence-electron chi connectivity index (χ1n) is 11.1. The third-order valence-electron chi connectivity index (χ3n) is 5.72. The van der Waals surface area contributed by atoms with E-state index in [1.54, 1.807) is 0 Å². The molecule has 3 rings (SSSR count). The first kappa shape index (κ1) is 22.3. The number of rotatable bonds is 9. The molecule has 1 fully saturated rings. The van der Waals surface area contributed by atoms with Crippen LogP contribution in [0.25, 0.3) is 0 Å². The van der Waals surface area contributed by atoms with Crippen LogP contribution in [-0.4, -0.2) is 61.6 Å². The molecule has 0 saturated carbocycles. The van der Waals surface area contributed by atoms with Crippen LogP contribution in [0.5, 0.6) is 5.75 Å². The minimum Gasteiger partial charge on any atom is -0.493 e. The Morgan fingerprint density at radius 3 is 2.53 bits per heavy atom. The molecule has 0 radical (unpaired) electrons. The fourth-order valence-corrected chi connectivity index (χ4v) is 3.85. The van der Waals surface area contributed by atoms with Gasteiger partial charge < -0.3 is 15.0 Å². The second-order valence-electron chi connectivity index (χ2n) is 8.15. The summed E-state index contributed by atoms with van der Waals surface area (Å²) in [5, 5.41) is 3.08. The molecule has 0 atom stereocenters. The second kappa shape index (κ2) is 11.1. The van der Waals surface area contributed by atoms with Crippen molar-refractivity contribution in [3.63, 3.8) is 0 Å². The van der Waals surface area contributed by atoms with E-state index in [2.05, 4.69) is 60.2 Å². The van der Waals surface area contributed by atoms with Crippen LogP contribution in [-0.2, 0) is 11.2 Å². The summed E-state index contributed by atoms with van der Waals surface area (Å²) in [5.74, 6) is 1.07. The molecule has 1 heterocycles. The first-order valence-corrected chi connectivity index (χ1v) is 11.1. The maximum Gasteiger partial charge on any atom is 0.238 e. The molecular formula is C25H35N3O2. The Morgan fingerprint density at radius 2 is 1.77 bits per heavy atom. The highest BCUT2D eigenvalue weighted by Gasteiger charge is 2.19. The van der Waals surface area contributed by atoms with Gasteiger partial charge in [-0.3, -0.25) is 9.69 Å². The summed E-state index contributed by atoms with van der Waals surface area (Å²) in [6.45, 7) is 12.4. The molecule has 0 unspecified atom stereocenters. The number of piperazine rings is 1. The van der Waals surface area contributed by atoms with Crippen molar-refractivity contribution >= 4 is 11.6 Å². The average Bonchev–Trinajstić information content (AvgIpc) is 2.75. The molecule has 1 aliphatic heterocycles. The van der Waals surface area contributed by atoms with Crippen molar-refractivity contribution in [1.29, 1.82) is 0 Å². The van der Waals surface area contributed by atoms with Gasteiger partial charge in [-0.05, 0) is 55.5 Å². The molecule has 1 saturated heterocycles. The van der Waals surface area contributed by atoms with Crippen molar-refractivity contribution in [3.05, 3.63) is 59.2 Å². The molecule has 5 heteroatoms. The van der Waals surface area contributed by atoms with Gasteiger partial charge in [0.25, 0.3) is 0 Å². The van der Waals surface area contributed by atoms with Gasteiger partial charge in [-0.15, -0.1) is 0 Å². The van der Waals surface area contributed by atoms with Crippen LogP contribution in [0.4, 0.5) is 5.69 Å². The molecule has 0 aromatic heterocycles. The van der Waals surface area contributed by atoms with Crippen LogP contribution < -0.4 is 10.1 Å². The summed E-state index contributed by atoms with van der Waals surface area (Å²) in [7, 11) is 0. The van der Waals surface area contributed by atoms with Crippen LogP contribution in [0, 0.1) is 13.8 Å². The lowest BCUT2D eigenvalue weighted by molar-refractivity contribution is -0.117. The number of para-hydroxylation sites is 1. The Labute approximate surface area is 181 Å². The Kier molecular flexibility index (Phi) is 8.29. The maximum absolute atomic E-state index is 12.4. The maximum atomic E-state index is 12.4. The van der Waals surface area contributed by atoms with Gasteiger partial charge in [0.2, 0.25) is 5.91 Å². The molecule has 0 bridgehead atoms. The zero-order chi connectivity index (χ0) is 21.3. The molecule has 0 spiro atoms. The van der Waals surface area contributed by atoms with E-state index in [-0.39, 0.29) is 5.91 Å². The molecule has 162 valence electrons. The number of amides is 1. The van der Waals surface area contributed by atoms with Crippen molar-refractivity contribution in [2.75, 3.05) is 51.2 Å². The number of anilines is 1. The fourth-order valence-electron chi connectivity index (χ4n) is 3.85. The number of benzene rings is 2. The number of nitrogens with zero attached hydrogens (tertiary/aromatic N) is 2. The third kappa shape index (κ3) is 6.57. The van der Waals surface area contributed by atoms with Gasteiger partial charge in [0.1, 0.15) is 5.75 Å². The van der Waals surface area contributed by atoms with Crippen LogP contribution >= 0.6 is 0 Å². The number of carbonyl (C=O) groups excluding carboxylic acids is 1. The predicted octanol–water partition coefficient (Wildman–Crippen LogP) is 3.89. The van der Waals surface area contributed by atoms with E-state index < -0.39 is 0 Å². The number of ether oxygens (including phenoxy) is 1. The van der Waals surface area contributed by atoms with Crippen molar-refractivity contribution in [1.82, 2.24) is 9.80 Å². The fraction of sp³-hybridized carbons (Fsp3) is 0.480. The largest absolute Gasteiger partial charge is 0.493 e. The Bertz CT molecular complexity index is 829. The topological polar surface area (TPSA) is 44.8 Å². The zero-order valence-electron chi connectivity index (χ0n) is 18.6. The van der Waals surface area contributed by atoms with Crippen LogP contribution in [0.2, 0.25) is 0 Å². The molecule has 1 N–H and O–H groups in total. The number of hydrogen-bond acceptors (Lipinski definition) is 4. The highest BCUT2D eigenvalue weighted by atomic mass is 16.5. The summed E-state index contributed by atoms with van der Waals surface area (Å²) in [6, 6.07) is 14.4. The molecular weight excluding hydrogens is 374 g/mol. The summed E-state index contributed by atoms with van der Waals surface area (Å²) in [5.41, 5.74) is 4.54. The van der Waals surface area contributed by atoms with E-state index in [0.29, 0.717) is 6.54 Å². The van der Waals surface area contributed by atoms with Gasteiger partial charge in [0.05, 0.1) is 13.2 Å². The van der Waals surface area contributed by atoms with Crippen LogP contribution in [0.3, 0.4) is 0 Å². The molecule has 2 aromatic rings. The van der Waals surface area contributed by atoms with E-state index in [1.165, 1.54) is 16.7 Å². The highest BCUT2D eigenvalue weighted by molar-refractivity contribution is 5.93. The number of carbonyl (C=O) groups is 1. The van der Waals surface area contributed by atoms with Gasteiger partial charge >= 0.3 is 0 Å². The summed E-state index contributed by atoms with van der Waals surface area (Å²) < 4.78 is 5.97. The van der Waals surface area contributed by atoms with Gasteiger partial charge in [-0.2, -0.15) is 0 Å². The smallest absolute Gasteiger partial charge is 0.238 e. The normalized spacial score (nSPS) is 15.2. The summed E-state index contributed by atoms with van der Waals surface area (Å²) >= 11 is 0. The van der Waals surface area contributed by atoms with Crippen molar-refractivity contribution in [3.8, 4) is 5.75 Å². The monoisotopic (exact) mass is 409 g/mol. The Balaban J connectivity index is 1.33. The van der Waals surface area contributed by atoms with E-state index >= 15 is 0 Å². The molecule has 5 nitrogen and oxygen atoms in total. The van der Waals surface area contributed by atoms with E-state index in [0.717, 1.165) is 63.6 Å². The summed E-state index contributed by atoms with van der Waals surface area (Å²) in [4.78, 5) is 17.2. The van der Waals surface area contributed by atoms with Crippen LogP contribution in [0.15, 0.2) is 42.5 Å². The first-order chi connectivity index (χ1) is 14.5. The quantitative estimate of drug-likeness (QED) is 0.638. The van der Waals surface area contributed by atoms with E-state index in [1.807, 2.05) is 18.2 Å². The predicted molar refractivity (Wildman–Crippen MR) is 123 cm³/mol. The highest BCUT2D eigenvalue weighted by Crippen LogP contribution is 2.19. The minimum absolute atomic E-state index is 0.0753. The van der Waals surface area contributed by atoms with Crippen molar-refractivity contribution in [2.45, 2.75) is 33.6 Å². The molecule has 1 aliphatic rings. The minimum atomic E-state index is 0.0753. The van der Waals surface area contributed by atoms with Crippen molar-refractivity contribution in [2.24, 2.45) is 0 Å². The van der Waals surface area contributed by atoms with Crippen LogP contribution in [0.1, 0.15) is 30.0 Å². The van der Waals surface area contributed by atoms with E-state index in [9.17, 15) is 4.79 Å². The van der Waals surface area contributed by atoms with Gasteiger partial charge in [0, 0.05) is 38.4 Å². The molecule has 30 heavy (non-hydrogen) atoms. The lowest BCUT2D eigenvalue weighted by Gasteiger charge is -2.34. The molecule has 0 aliphatic carbocycles. The standard InChI is InChI=1S/C25H35N3O2/c1-4-22-8-5-6-9-23(22)26-25(29)19-28-15-13-27(14-16-28)12-7-17-30-24-18-20(2)10-11-21(24)3/h5-6,8-11,18H,4,7,12-17,19H2,1-3H3,(H,26,29). The molecule has 1 amide bonds. The lowest BCUT2D eigenvalue weighted by atomic mass is 10.1. The third-order valence-corrected chi connectivity index (χ3v) is 5.72. The van der Waals surface area contributed by atoms with Gasteiger partial charge in [0.15, 0.2) is 0 Å². The number of aryl methyl sites for hydroxylation is 3. The zero-order valence-corrected chi connectivity index (χ0v) is 18.6. The summed E-state index contributed by atoms with van der Waals surface area (Å²) in [6.07, 6.45) is 1.93. The van der Waals surface area contributed by atoms with Crippen molar-refractivity contribution < 1.29 is 9.53 Å². The SMILES string of the molecule is CCc1ccccc1NC(=O)CN1CCN(CCCOc2cc(C)ccc2C)CC1. The average molecular weight is 410 g/mol. The van der Waals surface area contributed by atoms with Gasteiger partial charge in [-0.25, -0.2) is 0 Å². The Hall–Kier alpha value is -2.37. The second-order valence-corrected chi connectivity index (χ2v) is 8.15. The number of hydrogen-bond donors (Lipinski definition) is 1. The lowest BCUT2D eigenvalue weighted by Crippen LogP contribution is -2.48. The molecule has 2 aromatic carbocycles. The Morgan fingerprint density at radius 1 is 1.03 bits per heavy atom. The van der Waals surface area contributed by atoms with Gasteiger partial charge in [-0.1, -0.05) is 37.3 Å².